The zero-order chi connectivity index (χ0) is 12.9. The highest BCUT2D eigenvalue weighted by atomic mass is 16.5. The molecule has 0 saturated heterocycles. The van der Waals surface area contributed by atoms with Crippen molar-refractivity contribution >= 4 is 5.69 Å². The highest BCUT2D eigenvalue weighted by Crippen LogP contribution is 2.29. The van der Waals surface area contributed by atoms with Crippen LogP contribution in [0.25, 0.3) is 0 Å². The van der Waals surface area contributed by atoms with Crippen LogP contribution in [-0.2, 0) is 10.2 Å². The van der Waals surface area contributed by atoms with Gasteiger partial charge in [-0.3, -0.25) is 0 Å². The molecular weight excluding hydrogens is 214 g/mol. The van der Waals surface area contributed by atoms with Gasteiger partial charge in [-0.1, -0.05) is 26.8 Å². The number of rotatable bonds is 5. The SMILES string of the molecule is CCOCCOc1ccc(C(C)(C)C)cc1N. The first-order valence-electron chi connectivity index (χ1n) is 6.05. The minimum absolute atomic E-state index is 0.109. The molecule has 3 nitrogen and oxygen atoms in total. The van der Waals surface area contributed by atoms with Crippen LogP contribution in [0.5, 0.6) is 5.75 Å². The molecule has 1 rings (SSSR count). The van der Waals surface area contributed by atoms with Gasteiger partial charge in [-0.15, -0.1) is 0 Å². The Kier molecular flexibility index (Phi) is 4.82. The van der Waals surface area contributed by atoms with Crippen LogP contribution in [0.1, 0.15) is 33.3 Å². The van der Waals surface area contributed by atoms with E-state index in [9.17, 15) is 0 Å². The van der Waals surface area contributed by atoms with Crippen LogP contribution in [0, 0.1) is 0 Å². The quantitative estimate of drug-likeness (QED) is 0.632. The molecule has 0 saturated carbocycles. The third-order valence-electron chi connectivity index (χ3n) is 2.57. The van der Waals surface area contributed by atoms with Crippen molar-refractivity contribution in [3.05, 3.63) is 23.8 Å². The lowest BCUT2D eigenvalue weighted by molar-refractivity contribution is 0.110. The van der Waals surface area contributed by atoms with Gasteiger partial charge in [-0.2, -0.15) is 0 Å². The average Bonchev–Trinajstić information content (AvgIpc) is 2.24. The van der Waals surface area contributed by atoms with Gasteiger partial charge in [0.05, 0.1) is 12.3 Å². The molecule has 96 valence electrons. The lowest BCUT2D eigenvalue weighted by Crippen LogP contribution is -2.12. The number of ether oxygens (including phenoxy) is 2. The first-order valence-corrected chi connectivity index (χ1v) is 6.05. The molecule has 0 aliphatic heterocycles. The third kappa shape index (κ3) is 4.27. The predicted octanol–water partition coefficient (Wildman–Crippen LogP) is 2.98. The van der Waals surface area contributed by atoms with Crippen LogP contribution in [0.2, 0.25) is 0 Å². The van der Waals surface area contributed by atoms with Crippen LogP contribution in [-0.4, -0.2) is 19.8 Å². The highest BCUT2D eigenvalue weighted by Gasteiger charge is 2.14. The van der Waals surface area contributed by atoms with Crippen molar-refractivity contribution in [2.24, 2.45) is 0 Å². The third-order valence-corrected chi connectivity index (χ3v) is 2.57. The zero-order valence-electron chi connectivity index (χ0n) is 11.2. The molecule has 17 heavy (non-hydrogen) atoms. The Balaban J connectivity index is 2.64. The summed E-state index contributed by atoms with van der Waals surface area (Å²) in [5, 5.41) is 0. The van der Waals surface area contributed by atoms with E-state index in [1.807, 2.05) is 19.1 Å². The van der Waals surface area contributed by atoms with Gasteiger partial charge in [0.2, 0.25) is 0 Å². The summed E-state index contributed by atoms with van der Waals surface area (Å²) in [7, 11) is 0. The number of nitrogen functional groups attached to an aromatic ring is 1. The molecule has 0 aromatic heterocycles. The van der Waals surface area contributed by atoms with Gasteiger partial charge < -0.3 is 15.2 Å². The van der Waals surface area contributed by atoms with Gasteiger partial charge in [0.15, 0.2) is 0 Å². The lowest BCUT2D eigenvalue weighted by atomic mass is 9.87. The molecule has 0 radical (unpaired) electrons. The van der Waals surface area contributed by atoms with Crippen molar-refractivity contribution < 1.29 is 9.47 Å². The maximum atomic E-state index is 5.97. The van der Waals surface area contributed by atoms with E-state index in [0.717, 1.165) is 5.75 Å². The molecule has 0 spiro atoms. The largest absolute Gasteiger partial charge is 0.489 e. The molecule has 0 bridgehead atoms. The second-order valence-corrected chi connectivity index (χ2v) is 5.05. The number of benzene rings is 1. The molecule has 2 N–H and O–H groups in total. The average molecular weight is 237 g/mol. The fourth-order valence-electron chi connectivity index (χ4n) is 1.50. The normalized spacial score (nSPS) is 11.5. The summed E-state index contributed by atoms with van der Waals surface area (Å²) in [5.74, 6) is 0.734. The summed E-state index contributed by atoms with van der Waals surface area (Å²) >= 11 is 0. The van der Waals surface area contributed by atoms with Crippen LogP contribution in [0.4, 0.5) is 5.69 Å². The minimum Gasteiger partial charge on any atom is -0.489 e. The fourth-order valence-corrected chi connectivity index (χ4v) is 1.50. The smallest absolute Gasteiger partial charge is 0.142 e. The molecule has 0 aliphatic rings. The maximum absolute atomic E-state index is 5.97. The Hall–Kier alpha value is -1.22. The van der Waals surface area contributed by atoms with E-state index in [0.29, 0.717) is 25.5 Å². The van der Waals surface area contributed by atoms with Gasteiger partial charge in [0.25, 0.3) is 0 Å². The Labute approximate surface area is 104 Å². The highest BCUT2D eigenvalue weighted by molar-refractivity contribution is 5.55. The second kappa shape index (κ2) is 5.92. The van der Waals surface area contributed by atoms with Crippen LogP contribution < -0.4 is 10.5 Å². The molecule has 0 atom stereocenters. The number of nitrogens with two attached hydrogens (primary N) is 1. The predicted molar refractivity (Wildman–Crippen MR) is 71.5 cm³/mol. The monoisotopic (exact) mass is 237 g/mol. The number of hydrogen-bond acceptors (Lipinski definition) is 3. The Bertz CT molecular complexity index is 356. The zero-order valence-corrected chi connectivity index (χ0v) is 11.2. The first kappa shape index (κ1) is 13.8. The van der Waals surface area contributed by atoms with Crippen molar-refractivity contribution in [2.75, 3.05) is 25.6 Å². The summed E-state index contributed by atoms with van der Waals surface area (Å²) in [6.45, 7) is 10.3. The first-order chi connectivity index (χ1) is 7.95. The number of anilines is 1. The summed E-state index contributed by atoms with van der Waals surface area (Å²) in [6, 6.07) is 5.98. The van der Waals surface area contributed by atoms with Gasteiger partial charge in [0, 0.05) is 6.61 Å². The van der Waals surface area contributed by atoms with E-state index in [4.69, 9.17) is 15.2 Å². The van der Waals surface area contributed by atoms with E-state index in [2.05, 4.69) is 26.8 Å². The summed E-state index contributed by atoms with van der Waals surface area (Å²) in [5.41, 5.74) is 7.98. The summed E-state index contributed by atoms with van der Waals surface area (Å²) in [4.78, 5) is 0. The molecule has 0 unspecified atom stereocenters. The van der Waals surface area contributed by atoms with Gasteiger partial charge >= 0.3 is 0 Å². The van der Waals surface area contributed by atoms with E-state index in [-0.39, 0.29) is 5.41 Å². The molecule has 1 aromatic carbocycles. The summed E-state index contributed by atoms with van der Waals surface area (Å²) < 4.78 is 10.8. The van der Waals surface area contributed by atoms with E-state index in [1.54, 1.807) is 0 Å². The van der Waals surface area contributed by atoms with Gasteiger partial charge in [-0.05, 0) is 30.0 Å². The second-order valence-electron chi connectivity index (χ2n) is 5.05. The minimum atomic E-state index is 0.109. The van der Waals surface area contributed by atoms with Gasteiger partial charge in [-0.25, -0.2) is 0 Å². The lowest BCUT2D eigenvalue weighted by Gasteiger charge is -2.20. The van der Waals surface area contributed by atoms with Crippen molar-refractivity contribution in [2.45, 2.75) is 33.1 Å². The topological polar surface area (TPSA) is 44.5 Å². The molecule has 3 heteroatoms. The Morgan fingerprint density at radius 3 is 2.41 bits per heavy atom. The standard InChI is InChI=1S/C14H23NO2/c1-5-16-8-9-17-13-7-6-11(10-12(13)15)14(2,3)4/h6-7,10H,5,8-9,15H2,1-4H3. The number of hydrogen-bond donors (Lipinski definition) is 1. The van der Waals surface area contributed by atoms with Crippen molar-refractivity contribution in [1.29, 1.82) is 0 Å². The van der Waals surface area contributed by atoms with Crippen LogP contribution >= 0.6 is 0 Å². The van der Waals surface area contributed by atoms with Crippen molar-refractivity contribution in [3.8, 4) is 5.75 Å². The van der Waals surface area contributed by atoms with E-state index in [1.165, 1.54) is 5.56 Å². The van der Waals surface area contributed by atoms with Crippen LogP contribution in [0.15, 0.2) is 18.2 Å². The van der Waals surface area contributed by atoms with Crippen molar-refractivity contribution in [1.82, 2.24) is 0 Å². The molecular formula is C14H23NO2. The molecule has 0 heterocycles. The molecule has 0 aliphatic carbocycles. The molecule has 0 amide bonds. The molecule has 0 fully saturated rings. The van der Waals surface area contributed by atoms with E-state index < -0.39 is 0 Å². The molecule has 1 aromatic rings. The van der Waals surface area contributed by atoms with Crippen molar-refractivity contribution in [3.63, 3.8) is 0 Å². The summed E-state index contributed by atoms with van der Waals surface area (Å²) in [6.07, 6.45) is 0. The van der Waals surface area contributed by atoms with E-state index >= 15 is 0 Å². The van der Waals surface area contributed by atoms with Gasteiger partial charge in [0.1, 0.15) is 12.4 Å². The maximum Gasteiger partial charge on any atom is 0.142 e. The Morgan fingerprint density at radius 2 is 1.88 bits per heavy atom. The fraction of sp³-hybridized carbons (Fsp3) is 0.571. The Morgan fingerprint density at radius 1 is 1.18 bits per heavy atom. The van der Waals surface area contributed by atoms with Crippen LogP contribution in [0.3, 0.4) is 0 Å².